The maximum Gasteiger partial charge on any atom is 0.0598 e. The first kappa shape index (κ1) is 18.6. The standard InChI is InChI=1S/C19H28Cl2/c1-5-9-16(15-10-11-17(20)18(21)14-15)19(8-4,12-6-2)13-7-3/h9-11,14H,5-8,12-13H2,1-4H3/b16-9-. The summed E-state index contributed by atoms with van der Waals surface area (Å²) in [5, 5.41) is 1.28. The number of hydrogen-bond acceptors (Lipinski definition) is 0. The van der Waals surface area contributed by atoms with Gasteiger partial charge in [0.25, 0.3) is 0 Å². The predicted octanol–water partition coefficient (Wildman–Crippen LogP) is 7.78. The number of allylic oxidation sites excluding steroid dienone is 2. The maximum atomic E-state index is 6.25. The minimum atomic E-state index is 0.261. The topological polar surface area (TPSA) is 0 Å². The second-order valence-electron chi connectivity index (χ2n) is 5.79. The van der Waals surface area contributed by atoms with E-state index in [0.29, 0.717) is 10.0 Å². The van der Waals surface area contributed by atoms with Crippen LogP contribution in [0.3, 0.4) is 0 Å². The highest BCUT2D eigenvalue weighted by Crippen LogP contribution is 2.47. The Morgan fingerprint density at radius 2 is 1.62 bits per heavy atom. The second-order valence-corrected chi connectivity index (χ2v) is 6.60. The van der Waals surface area contributed by atoms with Crippen LogP contribution in [0.2, 0.25) is 10.0 Å². The van der Waals surface area contributed by atoms with Crippen LogP contribution in [-0.4, -0.2) is 0 Å². The van der Waals surface area contributed by atoms with Crippen LogP contribution in [0.25, 0.3) is 5.57 Å². The van der Waals surface area contributed by atoms with E-state index in [1.807, 2.05) is 12.1 Å². The molecule has 21 heavy (non-hydrogen) atoms. The lowest BCUT2D eigenvalue weighted by Gasteiger charge is -2.36. The Morgan fingerprint density at radius 1 is 1.00 bits per heavy atom. The zero-order valence-corrected chi connectivity index (χ0v) is 15.3. The molecule has 1 aromatic carbocycles. The summed E-state index contributed by atoms with van der Waals surface area (Å²) in [4.78, 5) is 0. The summed E-state index contributed by atoms with van der Waals surface area (Å²) in [7, 11) is 0. The summed E-state index contributed by atoms with van der Waals surface area (Å²) in [5.41, 5.74) is 2.95. The first-order valence-corrected chi connectivity index (χ1v) is 8.96. The molecule has 2 heteroatoms. The molecule has 0 saturated carbocycles. The van der Waals surface area contributed by atoms with Crippen molar-refractivity contribution in [1.82, 2.24) is 0 Å². The summed E-state index contributed by atoms with van der Waals surface area (Å²) in [5.74, 6) is 0. The van der Waals surface area contributed by atoms with E-state index in [-0.39, 0.29) is 5.41 Å². The van der Waals surface area contributed by atoms with Crippen LogP contribution in [0.1, 0.15) is 71.8 Å². The van der Waals surface area contributed by atoms with E-state index in [0.717, 1.165) is 6.42 Å². The van der Waals surface area contributed by atoms with Crippen LogP contribution >= 0.6 is 23.2 Å². The normalized spacial score (nSPS) is 12.8. The van der Waals surface area contributed by atoms with Crippen molar-refractivity contribution in [2.24, 2.45) is 5.41 Å². The van der Waals surface area contributed by atoms with E-state index in [1.54, 1.807) is 0 Å². The third kappa shape index (κ3) is 4.50. The molecular formula is C19H28Cl2. The van der Waals surface area contributed by atoms with Crippen molar-refractivity contribution < 1.29 is 0 Å². The second kappa shape index (κ2) is 8.86. The molecule has 0 aliphatic rings. The van der Waals surface area contributed by atoms with Gasteiger partial charge in [-0.2, -0.15) is 0 Å². The third-order valence-electron chi connectivity index (χ3n) is 4.34. The molecule has 0 bridgehead atoms. The van der Waals surface area contributed by atoms with Crippen molar-refractivity contribution in [3.63, 3.8) is 0 Å². The fourth-order valence-corrected chi connectivity index (χ4v) is 3.70. The molecule has 0 amide bonds. The first-order chi connectivity index (χ1) is 10.0. The molecule has 0 heterocycles. The van der Waals surface area contributed by atoms with Gasteiger partial charge >= 0.3 is 0 Å². The molecule has 0 fully saturated rings. The van der Waals surface area contributed by atoms with Gasteiger partial charge in [-0.1, -0.05) is 75.9 Å². The molecule has 0 saturated heterocycles. The highest BCUT2D eigenvalue weighted by molar-refractivity contribution is 6.42. The van der Waals surface area contributed by atoms with Gasteiger partial charge in [-0.3, -0.25) is 0 Å². The Kier molecular flexibility index (Phi) is 7.84. The zero-order valence-electron chi connectivity index (χ0n) is 13.8. The van der Waals surface area contributed by atoms with Gasteiger partial charge in [-0.05, 0) is 54.4 Å². The van der Waals surface area contributed by atoms with E-state index in [2.05, 4.69) is 39.8 Å². The highest BCUT2D eigenvalue weighted by Gasteiger charge is 2.31. The molecule has 0 N–H and O–H groups in total. The van der Waals surface area contributed by atoms with Gasteiger partial charge in [-0.15, -0.1) is 0 Å². The first-order valence-electron chi connectivity index (χ1n) is 8.20. The molecule has 1 aromatic rings. The number of rotatable bonds is 8. The summed E-state index contributed by atoms with van der Waals surface area (Å²) >= 11 is 12.3. The van der Waals surface area contributed by atoms with E-state index in [9.17, 15) is 0 Å². The van der Waals surface area contributed by atoms with Crippen LogP contribution < -0.4 is 0 Å². The van der Waals surface area contributed by atoms with Crippen LogP contribution in [0.5, 0.6) is 0 Å². The molecule has 0 radical (unpaired) electrons. The lowest BCUT2D eigenvalue weighted by molar-refractivity contribution is 0.319. The van der Waals surface area contributed by atoms with Gasteiger partial charge in [0.05, 0.1) is 10.0 Å². The van der Waals surface area contributed by atoms with Gasteiger partial charge in [0.2, 0.25) is 0 Å². The zero-order chi connectivity index (χ0) is 15.9. The quantitative estimate of drug-likeness (QED) is 0.457. The van der Waals surface area contributed by atoms with Crippen molar-refractivity contribution in [3.8, 4) is 0 Å². The fraction of sp³-hybridized carbons (Fsp3) is 0.579. The molecule has 0 spiro atoms. The fourth-order valence-electron chi connectivity index (χ4n) is 3.40. The molecule has 0 unspecified atom stereocenters. The van der Waals surface area contributed by atoms with E-state index in [1.165, 1.54) is 43.2 Å². The Bertz CT molecular complexity index is 468. The van der Waals surface area contributed by atoms with Crippen LogP contribution in [0, 0.1) is 5.41 Å². The van der Waals surface area contributed by atoms with Crippen LogP contribution in [0.4, 0.5) is 0 Å². The van der Waals surface area contributed by atoms with Gasteiger partial charge in [0.15, 0.2) is 0 Å². The Hall–Kier alpha value is -0.460. The van der Waals surface area contributed by atoms with Crippen molar-refractivity contribution in [2.45, 2.75) is 66.2 Å². The van der Waals surface area contributed by atoms with Gasteiger partial charge in [0.1, 0.15) is 0 Å². The van der Waals surface area contributed by atoms with Crippen LogP contribution in [-0.2, 0) is 0 Å². The minimum Gasteiger partial charge on any atom is -0.0827 e. The van der Waals surface area contributed by atoms with Crippen molar-refractivity contribution >= 4 is 28.8 Å². The molecule has 0 aromatic heterocycles. The summed E-state index contributed by atoms with van der Waals surface area (Å²) < 4.78 is 0. The third-order valence-corrected chi connectivity index (χ3v) is 5.08. The van der Waals surface area contributed by atoms with Gasteiger partial charge in [-0.25, -0.2) is 0 Å². The molecule has 0 aliphatic heterocycles. The van der Waals surface area contributed by atoms with E-state index in [4.69, 9.17) is 23.2 Å². The molecule has 1 rings (SSSR count). The Labute approximate surface area is 140 Å². The molecule has 0 nitrogen and oxygen atoms in total. The highest BCUT2D eigenvalue weighted by atomic mass is 35.5. The number of hydrogen-bond donors (Lipinski definition) is 0. The van der Waals surface area contributed by atoms with Gasteiger partial charge in [0, 0.05) is 0 Å². The SMILES string of the molecule is CC/C=C(/c1ccc(Cl)c(Cl)c1)C(CC)(CCC)CCC. The minimum absolute atomic E-state index is 0.261. The lowest BCUT2D eigenvalue weighted by Crippen LogP contribution is -2.22. The van der Waals surface area contributed by atoms with Gasteiger partial charge < -0.3 is 0 Å². The molecule has 118 valence electrons. The molecule has 0 atom stereocenters. The summed E-state index contributed by atoms with van der Waals surface area (Å²) in [6.45, 7) is 9.07. The lowest BCUT2D eigenvalue weighted by atomic mass is 9.68. The smallest absolute Gasteiger partial charge is 0.0598 e. The van der Waals surface area contributed by atoms with E-state index < -0.39 is 0 Å². The number of halogens is 2. The molecule has 0 aliphatic carbocycles. The average Bonchev–Trinajstić information content (AvgIpc) is 2.47. The predicted molar refractivity (Wildman–Crippen MR) is 97.3 cm³/mol. The van der Waals surface area contributed by atoms with Crippen LogP contribution in [0.15, 0.2) is 24.3 Å². The summed E-state index contributed by atoms with van der Waals surface area (Å²) in [6, 6.07) is 6.06. The summed E-state index contributed by atoms with van der Waals surface area (Å²) in [6.07, 6.45) is 9.46. The van der Waals surface area contributed by atoms with E-state index >= 15 is 0 Å². The van der Waals surface area contributed by atoms with Crippen molar-refractivity contribution in [3.05, 3.63) is 39.9 Å². The van der Waals surface area contributed by atoms with Crippen molar-refractivity contribution in [1.29, 1.82) is 0 Å². The Balaban J connectivity index is 3.36. The monoisotopic (exact) mass is 326 g/mol. The maximum absolute atomic E-state index is 6.25. The van der Waals surface area contributed by atoms with Crippen molar-refractivity contribution in [2.75, 3.05) is 0 Å². The average molecular weight is 327 g/mol. The largest absolute Gasteiger partial charge is 0.0827 e. The number of benzene rings is 1. The Morgan fingerprint density at radius 3 is 2.05 bits per heavy atom. The molecular weight excluding hydrogens is 299 g/mol.